The molecule has 1 aromatic heterocycles. The first-order valence-electron chi connectivity index (χ1n) is 14.2. The Morgan fingerprint density at radius 2 is 1.77 bits per heavy atom. The van der Waals surface area contributed by atoms with Gasteiger partial charge in [0.2, 0.25) is 0 Å². The molecule has 0 atom stereocenters. The van der Waals surface area contributed by atoms with Crippen LogP contribution in [0.2, 0.25) is 0 Å². The molecule has 2 aromatic carbocycles. The smallest absolute Gasteiger partial charge is 0.317 e. The van der Waals surface area contributed by atoms with E-state index in [1.807, 2.05) is 29.2 Å². The van der Waals surface area contributed by atoms with Gasteiger partial charge in [-0.05, 0) is 61.4 Å². The van der Waals surface area contributed by atoms with Crippen molar-refractivity contribution >= 4 is 35.2 Å². The average molecular weight is 568 g/mol. The highest BCUT2D eigenvalue weighted by atomic mass is 35.5. The molecule has 8 nitrogen and oxygen atoms in total. The second kappa shape index (κ2) is 11.8. The Morgan fingerprint density at radius 3 is 2.50 bits per heavy atom. The molecule has 6 rings (SSSR count). The number of amides is 1. The highest BCUT2D eigenvalue weighted by Gasteiger charge is 2.36. The fourth-order valence-electron chi connectivity index (χ4n) is 6.85. The Balaban J connectivity index is 0.00000323. The lowest BCUT2D eigenvalue weighted by molar-refractivity contribution is -0.138. The number of rotatable bonds is 6. The monoisotopic (exact) mass is 567 g/mol. The molecule has 1 saturated heterocycles. The van der Waals surface area contributed by atoms with E-state index in [-0.39, 0.29) is 31.5 Å². The summed E-state index contributed by atoms with van der Waals surface area (Å²) in [4.78, 5) is 26.5. The molecule has 0 bridgehead atoms. The van der Waals surface area contributed by atoms with E-state index < -0.39 is 11.5 Å². The predicted molar refractivity (Wildman–Crippen MR) is 157 cm³/mol. The zero-order chi connectivity index (χ0) is 27.0. The molecule has 0 unspecified atom stereocenters. The van der Waals surface area contributed by atoms with Crippen LogP contribution in [0, 0.1) is 0 Å². The Bertz CT molecular complexity index is 1390. The van der Waals surface area contributed by atoms with E-state index in [2.05, 4.69) is 28.1 Å². The second-order valence-electron chi connectivity index (χ2n) is 11.4. The SMILES string of the molecule is Cl.O=C(O)CN1CCC(CO)(NC(=O)c2ccc3c(C4CCCCC4)c4n(c3c2)CCOc2ccccc2-4)CC1. The van der Waals surface area contributed by atoms with Gasteiger partial charge in [-0.3, -0.25) is 14.5 Å². The molecule has 0 radical (unpaired) electrons. The number of likely N-dealkylation sites (tertiary alicyclic amines) is 1. The number of halogens is 1. The summed E-state index contributed by atoms with van der Waals surface area (Å²) in [6.45, 7) is 2.10. The number of nitrogens with one attached hydrogen (secondary N) is 1. The van der Waals surface area contributed by atoms with Gasteiger partial charge in [0.05, 0.1) is 30.9 Å². The number of aromatic nitrogens is 1. The van der Waals surface area contributed by atoms with E-state index in [1.165, 1.54) is 48.7 Å². The maximum absolute atomic E-state index is 13.6. The molecule has 3 N–H and O–H groups in total. The summed E-state index contributed by atoms with van der Waals surface area (Å²) in [5, 5.41) is 23.7. The van der Waals surface area contributed by atoms with E-state index in [0.717, 1.165) is 16.8 Å². The molecule has 214 valence electrons. The van der Waals surface area contributed by atoms with E-state index in [0.29, 0.717) is 50.6 Å². The lowest BCUT2D eigenvalue weighted by Gasteiger charge is -2.40. The molecule has 3 heterocycles. The Morgan fingerprint density at radius 1 is 1.02 bits per heavy atom. The number of carbonyl (C=O) groups is 2. The molecule has 0 spiro atoms. The number of aliphatic carboxylic acids is 1. The molecule has 3 aromatic rings. The number of benzene rings is 2. The van der Waals surface area contributed by atoms with Gasteiger partial charge < -0.3 is 24.8 Å². The van der Waals surface area contributed by atoms with Gasteiger partial charge >= 0.3 is 5.97 Å². The highest BCUT2D eigenvalue weighted by Crippen LogP contribution is 2.47. The summed E-state index contributed by atoms with van der Waals surface area (Å²) in [5.74, 6) is 0.318. The van der Waals surface area contributed by atoms with Crippen molar-refractivity contribution in [1.29, 1.82) is 0 Å². The van der Waals surface area contributed by atoms with Gasteiger partial charge in [-0.2, -0.15) is 0 Å². The van der Waals surface area contributed by atoms with Gasteiger partial charge in [0.15, 0.2) is 0 Å². The minimum Gasteiger partial charge on any atom is -0.491 e. The lowest BCUT2D eigenvalue weighted by atomic mass is 9.81. The summed E-state index contributed by atoms with van der Waals surface area (Å²) in [6.07, 6.45) is 7.13. The fourth-order valence-corrected chi connectivity index (χ4v) is 6.85. The van der Waals surface area contributed by atoms with Crippen LogP contribution in [0.15, 0.2) is 42.5 Å². The number of fused-ring (bicyclic) bond motifs is 5. The van der Waals surface area contributed by atoms with E-state index in [1.54, 1.807) is 0 Å². The molecule has 1 saturated carbocycles. The molecule has 2 fully saturated rings. The van der Waals surface area contributed by atoms with Crippen LogP contribution in [0.25, 0.3) is 22.2 Å². The zero-order valence-corrected chi connectivity index (χ0v) is 23.5. The maximum Gasteiger partial charge on any atom is 0.317 e. The van der Waals surface area contributed by atoms with Crippen molar-refractivity contribution in [3.63, 3.8) is 0 Å². The second-order valence-corrected chi connectivity index (χ2v) is 11.4. The summed E-state index contributed by atoms with van der Waals surface area (Å²) >= 11 is 0. The third kappa shape index (κ3) is 5.32. The number of hydrogen-bond donors (Lipinski definition) is 3. The molecule has 1 amide bonds. The van der Waals surface area contributed by atoms with Crippen molar-refractivity contribution in [1.82, 2.24) is 14.8 Å². The van der Waals surface area contributed by atoms with Gasteiger partial charge in [-0.25, -0.2) is 0 Å². The normalized spacial score (nSPS) is 19.0. The first kappa shape index (κ1) is 28.5. The van der Waals surface area contributed by atoms with Crippen molar-refractivity contribution < 1.29 is 24.5 Å². The van der Waals surface area contributed by atoms with E-state index in [9.17, 15) is 14.7 Å². The van der Waals surface area contributed by atoms with Gasteiger partial charge in [0, 0.05) is 35.1 Å². The van der Waals surface area contributed by atoms with Crippen molar-refractivity contribution in [3.05, 3.63) is 53.6 Å². The van der Waals surface area contributed by atoms with Gasteiger partial charge in [-0.1, -0.05) is 37.5 Å². The van der Waals surface area contributed by atoms with Crippen LogP contribution < -0.4 is 10.1 Å². The molecule has 40 heavy (non-hydrogen) atoms. The lowest BCUT2D eigenvalue weighted by Crippen LogP contribution is -2.58. The van der Waals surface area contributed by atoms with Gasteiger partial charge in [-0.15, -0.1) is 12.4 Å². The van der Waals surface area contributed by atoms with Crippen LogP contribution in [0.3, 0.4) is 0 Å². The number of ether oxygens (including phenoxy) is 1. The molecular weight excluding hydrogens is 530 g/mol. The number of nitrogens with zero attached hydrogens (tertiary/aromatic N) is 2. The summed E-state index contributed by atoms with van der Waals surface area (Å²) < 4.78 is 8.49. The van der Waals surface area contributed by atoms with Gasteiger partial charge in [0.1, 0.15) is 12.4 Å². The minimum absolute atomic E-state index is 0. The van der Waals surface area contributed by atoms with Crippen molar-refractivity contribution in [3.8, 4) is 17.0 Å². The number of piperidine rings is 1. The van der Waals surface area contributed by atoms with Crippen LogP contribution in [0.4, 0.5) is 0 Å². The molecule has 3 aliphatic rings. The number of aliphatic hydroxyl groups excluding tert-OH is 1. The third-order valence-corrected chi connectivity index (χ3v) is 8.95. The van der Waals surface area contributed by atoms with Crippen molar-refractivity contribution in [2.24, 2.45) is 0 Å². The van der Waals surface area contributed by atoms with Crippen molar-refractivity contribution in [2.75, 3.05) is 32.8 Å². The van der Waals surface area contributed by atoms with Crippen LogP contribution in [-0.4, -0.2) is 69.9 Å². The summed E-state index contributed by atoms with van der Waals surface area (Å²) in [5.41, 5.74) is 4.58. The Labute approximate surface area is 240 Å². The largest absolute Gasteiger partial charge is 0.491 e. The molecule has 1 aliphatic carbocycles. The number of carboxylic acid groups (broad SMARTS) is 1. The molecule has 2 aliphatic heterocycles. The fraction of sp³-hybridized carbons (Fsp3) is 0.484. The Hall–Kier alpha value is -3.07. The maximum atomic E-state index is 13.6. The third-order valence-electron chi connectivity index (χ3n) is 8.95. The van der Waals surface area contributed by atoms with Crippen molar-refractivity contribution in [2.45, 2.75) is 62.9 Å². The van der Waals surface area contributed by atoms with Crippen LogP contribution in [0.1, 0.15) is 66.8 Å². The standard InChI is InChI=1S/C31H37N3O5.ClH/c35-20-31(12-14-33(15-13-31)19-27(36)37)32-30(38)22-10-11-23-25(18-22)34-16-17-39-26-9-5-4-8-24(26)29(34)28(23)21-6-2-1-3-7-21;/h4-5,8-11,18,21,35H,1-3,6-7,12-17,19-20H2,(H,32,38)(H,36,37);1H. The molecule has 9 heteroatoms. The van der Waals surface area contributed by atoms with Crippen LogP contribution in [0.5, 0.6) is 5.75 Å². The van der Waals surface area contributed by atoms with Crippen LogP contribution in [-0.2, 0) is 11.3 Å². The number of carbonyl (C=O) groups excluding carboxylic acids is 1. The minimum atomic E-state index is -0.865. The predicted octanol–water partition coefficient (Wildman–Crippen LogP) is 4.81. The quantitative estimate of drug-likeness (QED) is 0.395. The number of para-hydroxylation sites is 1. The summed E-state index contributed by atoms with van der Waals surface area (Å²) in [7, 11) is 0. The van der Waals surface area contributed by atoms with Gasteiger partial charge in [0.25, 0.3) is 5.91 Å². The summed E-state index contributed by atoms with van der Waals surface area (Å²) in [6, 6.07) is 14.3. The average Bonchev–Trinajstić information content (AvgIpc) is 3.15. The number of aliphatic hydroxyl groups is 1. The van der Waals surface area contributed by atoms with E-state index >= 15 is 0 Å². The molecular formula is C31H38ClN3O5. The zero-order valence-electron chi connectivity index (χ0n) is 22.7. The Kier molecular flexibility index (Phi) is 8.40. The van der Waals surface area contributed by atoms with E-state index in [4.69, 9.17) is 9.84 Å². The number of hydrogen-bond acceptors (Lipinski definition) is 5. The number of carboxylic acids is 1. The first-order chi connectivity index (χ1) is 19.0. The first-order valence-corrected chi connectivity index (χ1v) is 14.2. The van der Waals surface area contributed by atoms with Crippen LogP contribution >= 0.6 is 12.4 Å². The highest BCUT2D eigenvalue weighted by molar-refractivity contribution is 6.01. The topological polar surface area (TPSA) is 104 Å².